The Kier molecular flexibility index (Phi) is 5.98. The lowest BCUT2D eigenvalue weighted by Crippen LogP contribution is -2.47. The number of nitrogens with zero attached hydrogens (tertiary/aromatic N) is 1. The van der Waals surface area contributed by atoms with E-state index in [0.29, 0.717) is 18.3 Å². The van der Waals surface area contributed by atoms with Gasteiger partial charge in [0.2, 0.25) is 0 Å². The molecule has 3 aliphatic rings. The summed E-state index contributed by atoms with van der Waals surface area (Å²) in [5.74, 6) is 1.23. The van der Waals surface area contributed by atoms with Gasteiger partial charge in [0.25, 0.3) is 0 Å². The Bertz CT molecular complexity index is 942. The largest absolute Gasteiger partial charge is 0.508 e. The van der Waals surface area contributed by atoms with Crippen LogP contribution in [0.2, 0.25) is 0 Å². The third-order valence-electron chi connectivity index (χ3n) is 8.29. The van der Waals surface area contributed by atoms with E-state index in [4.69, 9.17) is 4.74 Å². The van der Waals surface area contributed by atoms with Gasteiger partial charge in [0, 0.05) is 30.6 Å². The molecule has 2 aromatic carbocycles. The zero-order valence-corrected chi connectivity index (χ0v) is 19.1. The van der Waals surface area contributed by atoms with Crippen LogP contribution in [0.1, 0.15) is 74.5 Å². The highest BCUT2D eigenvalue weighted by Gasteiger charge is 2.47. The number of fused-ring (bicyclic) bond motifs is 1. The number of benzene rings is 2. The van der Waals surface area contributed by atoms with Crippen LogP contribution in [0.15, 0.2) is 42.5 Å². The SMILES string of the molecule is C[C@]1(C2CCCCC2)OCc2cc(O)ccc2[C@@H]1c1ccc(N2CCC(C=O)CC2)cc1. The Hall–Kier alpha value is -2.33. The van der Waals surface area contributed by atoms with E-state index in [1.807, 2.05) is 12.1 Å². The molecule has 0 bridgehead atoms. The number of hydrogen-bond acceptors (Lipinski definition) is 4. The van der Waals surface area contributed by atoms with E-state index in [2.05, 4.69) is 42.2 Å². The zero-order valence-electron chi connectivity index (χ0n) is 19.1. The van der Waals surface area contributed by atoms with Gasteiger partial charge in [-0.15, -0.1) is 0 Å². The molecular weight excluding hydrogens is 398 g/mol. The van der Waals surface area contributed by atoms with Crippen molar-refractivity contribution in [2.24, 2.45) is 11.8 Å². The van der Waals surface area contributed by atoms with Crippen molar-refractivity contribution in [3.63, 3.8) is 0 Å². The summed E-state index contributed by atoms with van der Waals surface area (Å²) < 4.78 is 6.67. The molecule has 0 radical (unpaired) electrons. The van der Waals surface area contributed by atoms with Crippen molar-refractivity contribution in [3.05, 3.63) is 59.2 Å². The fraction of sp³-hybridized carbons (Fsp3) is 0.536. The zero-order chi connectivity index (χ0) is 22.1. The molecule has 0 amide bonds. The van der Waals surface area contributed by atoms with Gasteiger partial charge in [0.1, 0.15) is 12.0 Å². The van der Waals surface area contributed by atoms with E-state index < -0.39 is 0 Å². The minimum Gasteiger partial charge on any atom is -0.508 e. The molecule has 1 N–H and O–H groups in total. The van der Waals surface area contributed by atoms with Crippen molar-refractivity contribution in [2.45, 2.75) is 70.0 Å². The van der Waals surface area contributed by atoms with E-state index in [-0.39, 0.29) is 17.4 Å². The normalized spacial score (nSPS) is 27.2. The number of anilines is 1. The van der Waals surface area contributed by atoms with Crippen molar-refractivity contribution < 1.29 is 14.6 Å². The molecule has 5 rings (SSSR count). The Morgan fingerprint density at radius 3 is 2.41 bits per heavy atom. The molecule has 32 heavy (non-hydrogen) atoms. The molecule has 2 atom stereocenters. The van der Waals surface area contributed by atoms with Crippen molar-refractivity contribution in [1.29, 1.82) is 0 Å². The average Bonchev–Trinajstić information content (AvgIpc) is 2.85. The fourth-order valence-corrected chi connectivity index (χ4v) is 6.34. The molecule has 2 fully saturated rings. The fourth-order valence-electron chi connectivity index (χ4n) is 6.34. The summed E-state index contributed by atoms with van der Waals surface area (Å²) in [4.78, 5) is 13.5. The first-order valence-electron chi connectivity index (χ1n) is 12.3. The van der Waals surface area contributed by atoms with Gasteiger partial charge >= 0.3 is 0 Å². The molecule has 1 saturated heterocycles. The van der Waals surface area contributed by atoms with Gasteiger partial charge in [0.15, 0.2) is 0 Å². The van der Waals surface area contributed by atoms with Crippen LogP contribution in [0, 0.1) is 11.8 Å². The molecular formula is C28H35NO3. The summed E-state index contributed by atoms with van der Waals surface area (Å²) in [5.41, 5.74) is 4.68. The molecule has 0 aromatic heterocycles. The van der Waals surface area contributed by atoms with Gasteiger partial charge in [-0.25, -0.2) is 0 Å². The summed E-state index contributed by atoms with van der Waals surface area (Å²) in [6.45, 7) is 4.77. The first kappa shape index (κ1) is 21.5. The highest BCUT2D eigenvalue weighted by atomic mass is 16.5. The maximum atomic E-state index is 11.1. The topological polar surface area (TPSA) is 49.8 Å². The highest BCUT2D eigenvalue weighted by molar-refractivity contribution is 5.56. The number of hydrogen-bond donors (Lipinski definition) is 1. The van der Waals surface area contributed by atoms with Gasteiger partial charge in [0.05, 0.1) is 12.2 Å². The second kappa shape index (κ2) is 8.90. The van der Waals surface area contributed by atoms with Gasteiger partial charge in [-0.05, 0) is 79.5 Å². The lowest BCUT2D eigenvalue weighted by atomic mass is 9.65. The second-order valence-electron chi connectivity index (χ2n) is 10.2. The number of piperidine rings is 1. The number of aromatic hydroxyl groups is 1. The molecule has 4 nitrogen and oxygen atoms in total. The van der Waals surface area contributed by atoms with E-state index in [9.17, 15) is 9.90 Å². The standard InChI is InChI=1S/C28H35NO3/c1-28(23-5-3-2-4-6-23)27(26-12-11-25(31)17-22(26)19-32-28)21-7-9-24(10-8-21)29-15-13-20(18-30)14-16-29/h7-12,17-18,20,23,27,31H,2-6,13-16,19H2,1H3/t27-,28+/m0/s1. The second-order valence-corrected chi connectivity index (χ2v) is 10.2. The van der Waals surface area contributed by atoms with Crippen molar-refractivity contribution in [1.82, 2.24) is 0 Å². The first-order chi connectivity index (χ1) is 15.6. The number of rotatable bonds is 4. The number of phenols is 1. The van der Waals surface area contributed by atoms with Crippen LogP contribution in [0.5, 0.6) is 5.75 Å². The summed E-state index contributed by atoms with van der Waals surface area (Å²) in [6.07, 6.45) is 9.36. The number of carbonyl (C=O) groups is 1. The van der Waals surface area contributed by atoms with Crippen molar-refractivity contribution >= 4 is 12.0 Å². The van der Waals surface area contributed by atoms with E-state index in [1.54, 1.807) is 0 Å². The van der Waals surface area contributed by atoms with Crippen molar-refractivity contribution in [2.75, 3.05) is 18.0 Å². The lowest BCUT2D eigenvalue weighted by Gasteiger charge is -2.49. The van der Waals surface area contributed by atoms with Crippen LogP contribution in [0.4, 0.5) is 5.69 Å². The smallest absolute Gasteiger partial charge is 0.123 e. The maximum absolute atomic E-state index is 11.1. The molecule has 2 heterocycles. The Morgan fingerprint density at radius 2 is 1.72 bits per heavy atom. The summed E-state index contributed by atoms with van der Waals surface area (Å²) in [7, 11) is 0. The van der Waals surface area contributed by atoms with Gasteiger partial charge in [-0.3, -0.25) is 0 Å². The molecule has 170 valence electrons. The predicted octanol–water partition coefficient (Wildman–Crippen LogP) is 5.81. The van der Waals surface area contributed by atoms with Crippen LogP contribution in [0.25, 0.3) is 0 Å². The molecule has 0 spiro atoms. The van der Waals surface area contributed by atoms with Crippen molar-refractivity contribution in [3.8, 4) is 5.75 Å². The van der Waals surface area contributed by atoms with Crippen LogP contribution in [-0.2, 0) is 16.1 Å². The minimum atomic E-state index is -0.242. The maximum Gasteiger partial charge on any atom is 0.123 e. The van der Waals surface area contributed by atoms with Gasteiger partial charge in [-0.2, -0.15) is 0 Å². The molecule has 2 aliphatic heterocycles. The van der Waals surface area contributed by atoms with Gasteiger partial charge in [-0.1, -0.05) is 37.5 Å². The number of aldehydes is 1. The average molecular weight is 434 g/mol. The number of carbonyl (C=O) groups excluding carboxylic acids is 1. The molecule has 2 aromatic rings. The van der Waals surface area contributed by atoms with E-state index >= 15 is 0 Å². The Balaban J connectivity index is 1.47. The highest BCUT2D eigenvalue weighted by Crippen LogP contribution is 2.51. The number of ether oxygens (including phenoxy) is 1. The quantitative estimate of drug-likeness (QED) is 0.618. The number of phenolic OH excluding ortho intramolecular Hbond substituents is 1. The van der Waals surface area contributed by atoms with E-state index in [0.717, 1.165) is 37.8 Å². The molecule has 0 unspecified atom stereocenters. The van der Waals surface area contributed by atoms with Gasteiger partial charge < -0.3 is 19.5 Å². The van der Waals surface area contributed by atoms with Crippen LogP contribution < -0.4 is 4.90 Å². The minimum absolute atomic E-state index is 0.157. The van der Waals surface area contributed by atoms with E-state index in [1.165, 1.54) is 48.9 Å². The molecule has 1 saturated carbocycles. The van der Waals surface area contributed by atoms with Crippen LogP contribution in [-0.4, -0.2) is 30.1 Å². The molecule has 4 heteroatoms. The Labute approximate surface area is 191 Å². The Morgan fingerprint density at radius 1 is 1.00 bits per heavy atom. The lowest BCUT2D eigenvalue weighted by molar-refractivity contribution is -0.114. The summed E-state index contributed by atoms with van der Waals surface area (Å²) >= 11 is 0. The predicted molar refractivity (Wildman–Crippen MR) is 127 cm³/mol. The van der Waals surface area contributed by atoms with Crippen LogP contribution in [0.3, 0.4) is 0 Å². The third kappa shape index (κ3) is 3.94. The summed E-state index contributed by atoms with van der Waals surface area (Å²) in [6, 6.07) is 14.8. The molecule has 1 aliphatic carbocycles. The summed E-state index contributed by atoms with van der Waals surface area (Å²) in [5, 5.41) is 10.1. The van der Waals surface area contributed by atoms with Crippen LogP contribution >= 0.6 is 0 Å². The first-order valence-corrected chi connectivity index (χ1v) is 12.3. The third-order valence-corrected chi connectivity index (χ3v) is 8.29. The monoisotopic (exact) mass is 433 g/mol.